The molecule has 0 bridgehead atoms. The van der Waals surface area contributed by atoms with Crippen molar-refractivity contribution in [1.82, 2.24) is 0 Å². The van der Waals surface area contributed by atoms with E-state index in [1.807, 2.05) is 0 Å². The predicted octanol–water partition coefficient (Wildman–Crippen LogP) is 23.0. The average Bonchev–Trinajstić information content (AvgIpc) is 1.24. The molecule has 0 fully saturated rings. The van der Waals surface area contributed by atoms with E-state index in [9.17, 15) is 43.2 Å². The lowest BCUT2D eigenvalue weighted by atomic mass is 10.0. The molecule has 0 aliphatic carbocycles. The van der Waals surface area contributed by atoms with Crippen LogP contribution in [0.5, 0.6) is 0 Å². The third-order valence-electron chi connectivity index (χ3n) is 18.1. The Kier molecular flexibility index (Phi) is 67.1. The van der Waals surface area contributed by atoms with Crippen LogP contribution in [0, 0.1) is 17.8 Å². The number of carbonyl (C=O) groups excluding carboxylic acids is 4. The van der Waals surface area contributed by atoms with Gasteiger partial charge in [-0.3, -0.25) is 37.3 Å². The molecule has 0 heterocycles. The van der Waals surface area contributed by atoms with Gasteiger partial charge in [0, 0.05) is 25.7 Å². The van der Waals surface area contributed by atoms with Crippen LogP contribution < -0.4 is 0 Å². The zero-order valence-electron chi connectivity index (χ0n) is 63.5. The third kappa shape index (κ3) is 72.2. The van der Waals surface area contributed by atoms with Crippen molar-refractivity contribution in [3.8, 4) is 0 Å². The van der Waals surface area contributed by atoms with Gasteiger partial charge in [-0.1, -0.05) is 350 Å². The lowest BCUT2D eigenvalue weighted by molar-refractivity contribution is -0.161. The molecule has 0 saturated heterocycles. The molecule has 0 amide bonds. The fraction of sp³-hybridized carbons (Fsp3) is 0.949. The molecule has 0 radical (unpaired) electrons. The smallest absolute Gasteiger partial charge is 0.462 e. The van der Waals surface area contributed by atoms with Gasteiger partial charge in [0.05, 0.1) is 26.4 Å². The molecule has 3 N–H and O–H groups in total. The summed E-state index contributed by atoms with van der Waals surface area (Å²) in [6.45, 7) is 11.9. The number of hydrogen-bond acceptors (Lipinski definition) is 15. The number of aliphatic hydroxyl groups excluding tert-OH is 1. The topological polar surface area (TPSA) is 237 Å². The second-order valence-corrected chi connectivity index (χ2v) is 32.4. The summed E-state index contributed by atoms with van der Waals surface area (Å²) < 4.78 is 68.6. The zero-order valence-corrected chi connectivity index (χ0v) is 65.3. The maximum Gasteiger partial charge on any atom is 0.472 e. The zero-order chi connectivity index (χ0) is 71.6. The number of phosphoric ester groups is 2. The van der Waals surface area contributed by atoms with Crippen molar-refractivity contribution in [1.29, 1.82) is 0 Å². The first kappa shape index (κ1) is 95.1. The number of unbranched alkanes of at least 4 members (excludes halogenated alkanes) is 44. The summed E-state index contributed by atoms with van der Waals surface area (Å²) in [6, 6.07) is 0. The van der Waals surface area contributed by atoms with Crippen LogP contribution in [0.4, 0.5) is 0 Å². The molecule has 0 aromatic heterocycles. The number of aliphatic hydroxyl groups is 1. The standard InChI is InChI=1S/C78H152O17P2/c1-8-9-10-11-12-13-14-15-16-17-18-19-24-27-32-39-47-54-61-77(82)94-73(65-88-75(80)59-52-45-38-31-26-23-21-20-22-25-29-35-42-49-56-69(2)3)67-92-96(84,85)90-63-72(79)64-91-97(86,87)93-68-74(66-89-76(81)60-53-46-41-34-37-44-51-58-71(6)7)95-78(83)62-55-48-40-33-28-30-36-43-50-57-70(4)5/h69-74,79H,8-68H2,1-7H3,(H,84,85)(H,86,87)/t72-,73-,74-/m1/s1. The van der Waals surface area contributed by atoms with Gasteiger partial charge in [-0.05, 0) is 43.4 Å². The van der Waals surface area contributed by atoms with E-state index >= 15 is 0 Å². The minimum atomic E-state index is -4.96. The Hall–Kier alpha value is -1.94. The molecule has 0 aromatic carbocycles. The number of ether oxygens (including phenoxy) is 4. The number of esters is 4. The Bertz CT molecular complexity index is 1890. The second-order valence-electron chi connectivity index (χ2n) is 29.5. The molecule has 0 spiro atoms. The van der Waals surface area contributed by atoms with Gasteiger partial charge in [0.1, 0.15) is 19.3 Å². The first-order chi connectivity index (χ1) is 46.7. The highest BCUT2D eigenvalue weighted by Gasteiger charge is 2.30. The Morgan fingerprint density at radius 2 is 0.474 bits per heavy atom. The van der Waals surface area contributed by atoms with Gasteiger partial charge in [-0.2, -0.15) is 0 Å². The fourth-order valence-corrected chi connectivity index (χ4v) is 13.5. The van der Waals surface area contributed by atoms with Crippen molar-refractivity contribution in [2.75, 3.05) is 39.6 Å². The molecule has 17 nitrogen and oxygen atoms in total. The van der Waals surface area contributed by atoms with E-state index in [2.05, 4.69) is 48.5 Å². The minimum Gasteiger partial charge on any atom is -0.462 e. The molecule has 19 heteroatoms. The molecule has 0 saturated carbocycles. The van der Waals surface area contributed by atoms with E-state index in [1.54, 1.807) is 0 Å². The van der Waals surface area contributed by atoms with Crippen molar-refractivity contribution < 1.29 is 80.2 Å². The lowest BCUT2D eigenvalue weighted by Gasteiger charge is -2.21. The summed E-state index contributed by atoms with van der Waals surface area (Å²) in [7, 11) is -9.91. The van der Waals surface area contributed by atoms with Crippen LogP contribution in [0.15, 0.2) is 0 Å². The van der Waals surface area contributed by atoms with E-state index in [0.717, 1.165) is 108 Å². The monoisotopic (exact) mass is 1420 g/mol. The number of hydrogen-bond donors (Lipinski definition) is 3. The molecular weight excluding hydrogens is 1270 g/mol. The predicted molar refractivity (Wildman–Crippen MR) is 395 cm³/mol. The van der Waals surface area contributed by atoms with Crippen LogP contribution in [0.3, 0.4) is 0 Å². The Balaban J connectivity index is 5.24. The number of rotatable bonds is 76. The number of carbonyl (C=O) groups is 4. The molecule has 0 aliphatic heterocycles. The van der Waals surface area contributed by atoms with Crippen molar-refractivity contribution in [3.63, 3.8) is 0 Å². The summed E-state index contributed by atoms with van der Waals surface area (Å²) in [5.41, 5.74) is 0. The highest BCUT2D eigenvalue weighted by molar-refractivity contribution is 7.47. The quantitative estimate of drug-likeness (QED) is 0.0222. The first-order valence-electron chi connectivity index (χ1n) is 40.3. The van der Waals surface area contributed by atoms with Crippen molar-refractivity contribution in [2.24, 2.45) is 17.8 Å². The summed E-state index contributed by atoms with van der Waals surface area (Å²) in [4.78, 5) is 72.9. The third-order valence-corrected chi connectivity index (χ3v) is 20.0. The SMILES string of the molecule is CCCCCCCCCCCCCCCCCCCCC(=O)O[C@H](COC(=O)CCCCCCCCCCCCCCCCC(C)C)COP(=O)(O)OC[C@@H](O)COP(=O)(O)OC[C@@H](COC(=O)CCCCCCCCCC(C)C)OC(=O)CCCCCCCCCCCC(C)C. The highest BCUT2D eigenvalue weighted by Crippen LogP contribution is 2.45. The summed E-state index contributed by atoms with van der Waals surface area (Å²) in [5, 5.41) is 10.6. The van der Waals surface area contributed by atoms with E-state index in [1.165, 1.54) is 205 Å². The molecular formula is C78H152O17P2. The van der Waals surface area contributed by atoms with Gasteiger partial charge in [-0.25, -0.2) is 9.13 Å². The lowest BCUT2D eigenvalue weighted by Crippen LogP contribution is -2.30. The molecule has 0 aromatic rings. The average molecular weight is 1420 g/mol. The van der Waals surface area contributed by atoms with Crippen LogP contribution in [-0.4, -0.2) is 96.7 Å². The van der Waals surface area contributed by atoms with Crippen LogP contribution in [0.2, 0.25) is 0 Å². The largest absolute Gasteiger partial charge is 0.472 e. The fourth-order valence-electron chi connectivity index (χ4n) is 12.0. The van der Waals surface area contributed by atoms with Crippen LogP contribution in [0.25, 0.3) is 0 Å². The Morgan fingerprint density at radius 3 is 0.701 bits per heavy atom. The molecule has 0 rings (SSSR count). The molecule has 97 heavy (non-hydrogen) atoms. The highest BCUT2D eigenvalue weighted by atomic mass is 31.2. The van der Waals surface area contributed by atoms with E-state index in [4.69, 9.17) is 37.0 Å². The van der Waals surface area contributed by atoms with Crippen LogP contribution in [0.1, 0.15) is 402 Å². The van der Waals surface area contributed by atoms with Gasteiger partial charge in [-0.15, -0.1) is 0 Å². The van der Waals surface area contributed by atoms with Crippen LogP contribution >= 0.6 is 15.6 Å². The van der Waals surface area contributed by atoms with Crippen molar-refractivity contribution >= 4 is 39.5 Å². The summed E-state index contributed by atoms with van der Waals surface area (Å²) in [5.74, 6) is 0.124. The van der Waals surface area contributed by atoms with Crippen molar-refractivity contribution in [3.05, 3.63) is 0 Å². The number of phosphoric acid groups is 2. The van der Waals surface area contributed by atoms with Crippen LogP contribution in [-0.2, 0) is 65.4 Å². The second kappa shape index (κ2) is 68.5. The van der Waals surface area contributed by atoms with Gasteiger partial charge >= 0.3 is 39.5 Å². The maximum absolute atomic E-state index is 13.1. The summed E-state index contributed by atoms with van der Waals surface area (Å²) in [6.07, 6.45) is 55.6. The first-order valence-corrected chi connectivity index (χ1v) is 43.3. The van der Waals surface area contributed by atoms with Crippen molar-refractivity contribution in [2.45, 2.75) is 420 Å². The maximum atomic E-state index is 13.1. The minimum absolute atomic E-state index is 0.104. The molecule has 576 valence electrons. The van der Waals surface area contributed by atoms with Gasteiger partial charge < -0.3 is 33.8 Å². The van der Waals surface area contributed by atoms with E-state index in [-0.39, 0.29) is 25.7 Å². The van der Waals surface area contributed by atoms with Gasteiger partial charge in [0.25, 0.3) is 0 Å². The van der Waals surface area contributed by atoms with E-state index in [0.29, 0.717) is 31.6 Å². The Morgan fingerprint density at radius 1 is 0.278 bits per heavy atom. The van der Waals surface area contributed by atoms with E-state index < -0.39 is 97.5 Å². The molecule has 2 unspecified atom stereocenters. The summed E-state index contributed by atoms with van der Waals surface area (Å²) >= 11 is 0. The normalized spacial score (nSPS) is 14.0. The van der Waals surface area contributed by atoms with Gasteiger partial charge in [0.15, 0.2) is 12.2 Å². The molecule has 5 atom stereocenters. The van der Waals surface area contributed by atoms with Gasteiger partial charge in [0.2, 0.25) is 0 Å². The Labute approximate surface area is 594 Å². The molecule has 0 aliphatic rings.